The number of hydrogen-bond donors (Lipinski definition) is 3. The molecule has 0 aromatic heterocycles. The van der Waals surface area contributed by atoms with Crippen LogP contribution in [0.25, 0.3) is 0 Å². The van der Waals surface area contributed by atoms with Gasteiger partial charge in [0, 0.05) is 19.5 Å². The smallest absolute Gasteiger partial charge is 0.120 e. The van der Waals surface area contributed by atoms with Crippen molar-refractivity contribution in [3.8, 4) is 0 Å². The Morgan fingerprint density at radius 2 is 2.40 bits per heavy atom. The summed E-state index contributed by atoms with van der Waals surface area (Å²) in [6, 6.07) is 0. The van der Waals surface area contributed by atoms with Crippen molar-refractivity contribution >= 4 is 6.29 Å². The molecule has 4 heteroatoms. The Hall–Kier alpha value is -0.450. The van der Waals surface area contributed by atoms with Crippen molar-refractivity contribution in [2.45, 2.75) is 19.1 Å². The number of carbonyl (C=O) groups is 1. The van der Waals surface area contributed by atoms with Gasteiger partial charge in [0.1, 0.15) is 12.5 Å². The van der Waals surface area contributed by atoms with E-state index < -0.39 is 6.23 Å². The van der Waals surface area contributed by atoms with Gasteiger partial charge in [-0.05, 0) is 6.42 Å². The summed E-state index contributed by atoms with van der Waals surface area (Å²) in [5.41, 5.74) is 5.16. The van der Waals surface area contributed by atoms with Crippen LogP contribution in [0.2, 0.25) is 0 Å². The van der Waals surface area contributed by atoms with Crippen LogP contribution in [0.3, 0.4) is 0 Å². The predicted molar refractivity (Wildman–Crippen MR) is 38.4 cm³/mol. The maximum absolute atomic E-state index is 9.82. The van der Waals surface area contributed by atoms with E-state index in [4.69, 9.17) is 10.8 Å². The zero-order valence-electron chi connectivity index (χ0n) is 5.92. The zero-order valence-corrected chi connectivity index (χ0v) is 5.92. The normalized spacial score (nSPS) is 13.0. The number of rotatable bonds is 6. The Balaban J connectivity index is 3.07. The van der Waals surface area contributed by atoms with Gasteiger partial charge in [-0.25, -0.2) is 0 Å². The first-order valence-corrected chi connectivity index (χ1v) is 3.36. The Labute approximate surface area is 60.4 Å². The molecule has 10 heavy (non-hydrogen) atoms. The van der Waals surface area contributed by atoms with Crippen LogP contribution in [0, 0.1) is 0 Å². The molecule has 60 valence electrons. The molecule has 0 aromatic carbocycles. The van der Waals surface area contributed by atoms with Gasteiger partial charge in [-0.1, -0.05) is 0 Å². The van der Waals surface area contributed by atoms with Gasteiger partial charge in [-0.15, -0.1) is 0 Å². The predicted octanol–water partition coefficient (Wildman–Crippen LogP) is -1.17. The molecule has 1 unspecified atom stereocenters. The van der Waals surface area contributed by atoms with Crippen LogP contribution in [0.5, 0.6) is 0 Å². The molecule has 0 bridgehead atoms. The zero-order chi connectivity index (χ0) is 7.82. The van der Waals surface area contributed by atoms with E-state index in [1.165, 1.54) is 0 Å². The summed E-state index contributed by atoms with van der Waals surface area (Å²) in [5, 5.41) is 11.7. The van der Waals surface area contributed by atoms with Crippen molar-refractivity contribution in [2.24, 2.45) is 5.73 Å². The molecule has 0 amide bonds. The number of nitrogens with two attached hydrogens (primary N) is 1. The molecule has 0 heterocycles. The van der Waals surface area contributed by atoms with Crippen LogP contribution in [-0.4, -0.2) is 30.7 Å². The summed E-state index contributed by atoms with van der Waals surface area (Å²) in [6.07, 6.45) is 1.05. The molecule has 0 saturated heterocycles. The molecule has 4 nitrogen and oxygen atoms in total. The van der Waals surface area contributed by atoms with Crippen molar-refractivity contribution in [2.75, 3.05) is 13.1 Å². The molecular weight excluding hydrogens is 132 g/mol. The van der Waals surface area contributed by atoms with Gasteiger partial charge in [0.15, 0.2) is 0 Å². The van der Waals surface area contributed by atoms with E-state index in [1.807, 2.05) is 0 Å². The highest BCUT2D eigenvalue weighted by atomic mass is 16.3. The van der Waals surface area contributed by atoms with Gasteiger partial charge < -0.3 is 15.6 Å². The third-order valence-electron chi connectivity index (χ3n) is 1.08. The standard InChI is InChI=1S/C6H14N2O2/c7-3-4-8-6(10)2-1-5-9/h5-6,8,10H,1-4,7H2. The molecule has 0 spiro atoms. The lowest BCUT2D eigenvalue weighted by Gasteiger charge is -2.08. The Morgan fingerprint density at radius 3 is 2.90 bits per heavy atom. The monoisotopic (exact) mass is 146 g/mol. The average molecular weight is 146 g/mol. The van der Waals surface area contributed by atoms with Crippen molar-refractivity contribution < 1.29 is 9.90 Å². The molecule has 0 aromatic rings. The van der Waals surface area contributed by atoms with Crippen molar-refractivity contribution in [3.63, 3.8) is 0 Å². The molecule has 4 N–H and O–H groups in total. The highest BCUT2D eigenvalue weighted by Gasteiger charge is 1.99. The third kappa shape index (κ3) is 5.68. The highest BCUT2D eigenvalue weighted by Crippen LogP contribution is 1.88. The minimum atomic E-state index is -0.589. The Bertz CT molecular complexity index is 87.8. The molecule has 0 rings (SSSR count). The van der Waals surface area contributed by atoms with E-state index in [9.17, 15) is 4.79 Å². The number of carbonyl (C=O) groups excluding carboxylic acids is 1. The Kier molecular flexibility index (Phi) is 6.37. The fraction of sp³-hybridized carbons (Fsp3) is 0.833. The van der Waals surface area contributed by atoms with Gasteiger partial charge >= 0.3 is 0 Å². The number of aldehydes is 1. The second kappa shape index (κ2) is 6.67. The SMILES string of the molecule is NCCNC(O)CCC=O. The lowest BCUT2D eigenvalue weighted by atomic mass is 10.3. The van der Waals surface area contributed by atoms with Crippen LogP contribution in [0.1, 0.15) is 12.8 Å². The van der Waals surface area contributed by atoms with Gasteiger partial charge in [0.05, 0.1) is 0 Å². The van der Waals surface area contributed by atoms with E-state index >= 15 is 0 Å². The van der Waals surface area contributed by atoms with E-state index in [1.54, 1.807) is 0 Å². The summed E-state index contributed by atoms with van der Waals surface area (Å²) >= 11 is 0. The minimum absolute atomic E-state index is 0.388. The molecule has 0 saturated carbocycles. The summed E-state index contributed by atoms with van der Waals surface area (Å²) in [4.78, 5) is 9.82. The van der Waals surface area contributed by atoms with Crippen LogP contribution < -0.4 is 11.1 Å². The quantitative estimate of drug-likeness (QED) is 0.326. The minimum Gasteiger partial charge on any atom is -0.379 e. The average Bonchev–Trinajstić information content (AvgIpc) is 1.97. The maximum Gasteiger partial charge on any atom is 0.120 e. The lowest BCUT2D eigenvalue weighted by molar-refractivity contribution is -0.108. The number of hydrogen-bond acceptors (Lipinski definition) is 4. The summed E-state index contributed by atoms with van der Waals surface area (Å²) < 4.78 is 0. The number of aliphatic hydroxyl groups excluding tert-OH is 1. The van der Waals surface area contributed by atoms with Gasteiger partial charge in [0.2, 0.25) is 0 Å². The third-order valence-corrected chi connectivity index (χ3v) is 1.08. The summed E-state index contributed by atoms with van der Waals surface area (Å²) in [6.45, 7) is 1.08. The maximum atomic E-state index is 9.82. The van der Waals surface area contributed by atoms with Crippen molar-refractivity contribution in [3.05, 3.63) is 0 Å². The molecule has 0 fully saturated rings. The largest absolute Gasteiger partial charge is 0.379 e. The lowest BCUT2D eigenvalue weighted by Crippen LogP contribution is -2.33. The van der Waals surface area contributed by atoms with Crippen molar-refractivity contribution in [1.82, 2.24) is 5.32 Å². The van der Waals surface area contributed by atoms with Gasteiger partial charge in [0.25, 0.3) is 0 Å². The molecule has 0 aliphatic carbocycles. The fourth-order valence-electron chi connectivity index (χ4n) is 0.578. The summed E-state index contributed by atoms with van der Waals surface area (Å²) in [7, 11) is 0. The Morgan fingerprint density at radius 1 is 1.70 bits per heavy atom. The molecule has 1 atom stereocenters. The summed E-state index contributed by atoms with van der Waals surface area (Å²) in [5.74, 6) is 0. The fourth-order valence-corrected chi connectivity index (χ4v) is 0.578. The number of aliphatic hydroxyl groups is 1. The van der Waals surface area contributed by atoms with Crippen molar-refractivity contribution in [1.29, 1.82) is 0 Å². The second-order valence-corrected chi connectivity index (χ2v) is 2.00. The first-order chi connectivity index (χ1) is 4.81. The van der Waals surface area contributed by atoms with E-state index in [0.29, 0.717) is 25.9 Å². The first-order valence-electron chi connectivity index (χ1n) is 3.36. The van der Waals surface area contributed by atoms with Crippen LogP contribution in [-0.2, 0) is 4.79 Å². The van der Waals surface area contributed by atoms with E-state index in [-0.39, 0.29) is 0 Å². The van der Waals surface area contributed by atoms with Crippen LogP contribution in [0.4, 0.5) is 0 Å². The van der Waals surface area contributed by atoms with Crippen LogP contribution >= 0.6 is 0 Å². The van der Waals surface area contributed by atoms with E-state index in [0.717, 1.165) is 6.29 Å². The molecular formula is C6H14N2O2. The topological polar surface area (TPSA) is 75.3 Å². The van der Waals surface area contributed by atoms with E-state index in [2.05, 4.69) is 5.32 Å². The van der Waals surface area contributed by atoms with Crippen LogP contribution in [0.15, 0.2) is 0 Å². The first kappa shape index (κ1) is 9.55. The molecule has 0 radical (unpaired) electrons. The number of nitrogens with one attached hydrogen (secondary N) is 1. The highest BCUT2D eigenvalue weighted by molar-refractivity contribution is 5.49. The molecule has 0 aliphatic heterocycles. The van der Waals surface area contributed by atoms with Gasteiger partial charge in [-0.3, -0.25) is 5.32 Å². The van der Waals surface area contributed by atoms with Gasteiger partial charge in [-0.2, -0.15) is 0 Å². The molecule has 0 aliphatic rings. The second-order valence-electron chi connectivity index (χ2n) is 2.00.